The molecule has 2 aliphatic rings. The minimum absolute atomic E-state index is 0.102. The molecule has 0 N–H and O–H groups in total. The molecule has 0 unspecified atom stereocenters. The zero-order valence-corrected chi connectivity index (χ0v) is 18.9. The Labute approximate surface area is 183 Å². The fourth-order valence-electron chi connectivity index (χ4n) is 4.19. The molecule has 4 rings (SSSR count). The number of nitrogens with zero attached hydrogens (tertiary/aromatic N) is 3. The van der Waals surface area contributed by atoms with E-state index in [1.54, 1.807) is 31.2 Å². The molecule has 0 spiro atoms. The third-order valence-electron chi connectivity index (χ3n) is 5.78. The molecule has 31 heavy (non-hydrogen) atoms. The molecule has 0 bridgehead atoms. The van der Waals surface area contributed by atoms with Gasteiger partial charge in [0.2, 0.25) is 0 Å². The van der Waals surface area contributed by atoms with E-state index in [4.69, 9.17) is 4.74 Å². The summed E-state index contributed by atoms with van der Waals surface area (Å²) in [4.78, 5) is 16.8. The minimum atomic E-state index is -3.83. The Morgan fingerprint density at radius 2 is 1.97 bits per heavy atom. The third-order valence-corrected chi connectivity index (χ3v) is 7.12. The van der Waals surface area contributed by atoms with Gasteiger partial charge >= 0.3 is 0 Å². The van der Waals surface area contributed by atoms with Crippen LogP contribution in [0.3, 0.4) is 0 Å². The van der Waals surface area contributed by atoms with E-state index in [9.17, 15) is 13.2 Å². The Morgan fingerprint density at radius 1 is 1.16 bits per heavy atom. The monoisotopic (exact) mass is 441 g/mol. The second-order valence-corrected chi connectivity index (χ2v) is 9.68. The number of benzene rings is 2. The summed E-state index contributed by atoms with van der Waals surface area (Å²) < 4.78 is 35.2. The number of sulfonamides is 1. The van der Waals surface area contributed by atoms with Gasteiger partial charge in [-0.05, 0) is 44.0 Å². The number of rotatable bonds is 4. The van der Waals surface area contributed by atoms with Gasteiger partial charge in [-0.25, -0.2) is 0 Å². The standard InChI is InChI=1S/C23H27N3O4S/c1-16-8-11-20(30-3)18(13-16)15-25(2)23(27)17-9-10-19-21(14-17)31(28,29)24-22-7-5-4-6-12-26(19)22/h8-11,13-14H,4-7,12,15H2,1-3H3. The first-order valence-electron chi connectivity index (χ1n) is 10.4. The third kappa shape index (κ3) is 4.17. The lowest BCUT2D eigenvalue weighted by Gasteiger charge is -2.30. The second kappa shape index (κ2) is 8.34. The Kier molecular flexibility index (Phi) is 5.75. The molecule has 164 valence electrons. The van der Waals surface area contributed by atoms with E-state index in [1.807, 2.05) is 30.0 Å². The van der Waals surface area contributed by atoms with Crippen LogP contribution in [0.15, 0.2) is 45.7 Å². The van der Waals surface area contributed by atoms with E-state index in [0.717, 1.165) is 36.9 Å². The molecular weight excluding hydrogens is 414 g/mol. The van der Waals surface area contributed by atoms with Gasteiger partial charge in [0.05, 0.1) is 12.8 Å². The summed E-state index contributed by atoms with van der Waals surface area (Å²) in [6.45, 7) is 3.07. The number of fused-ring (bicyclic) bond motifs is 3. The molecule has 0 saturated carbocycles. The molecule has 2 heterocycles. The van der Waals surface area contributed by atoms with Crippen molar-refractivity contribution in [2.45, 2.75) is 44.0 Å². The number of carbonyl (C=O) groups is 1. The van der Waals surface area contributed by atoms with Gasteiger partial charge in [0.15, 0.2) is 0 Å². The molecule has 2 aliphatic heterocycles. The predicted octanol–water partition coefficient (Wildman–Crippen LogP) is 3.76. The molecule has 0 atom stereocenters. The van der Waals surface area contributed by atoms with Crippen LogP contribution in [0.25, 0.3) is 0 Å². The molecule has 0 radical (unpaired) electrons. The van der Waals surface area contributed by atoms with Gasteiger partial charge in [0.1, 0.15) is 16.5 Å². The number of hydrogen-bond acceptors (Lipinski definition) is 5. The van der Waals surface area contributed by atoms with Gasteiger partial charge in [-0.1, -0.05) is 24.1 Å². The molecule has 2 aromatic rings. The summed E-state index contributed by atoms with van der Waals surface area (Å²) in [5.41, 5.74) is 2.90. The number of aryl methyl sites for hydroxylation is 1. The lowest BCUT2D eigenvalue weighted by atomic mass is 10.1. The maximum atomic E-state index is 13.1. The fourth-order valence-corrected chi connectivity index (χ4v) is 5.48. The highest BCUT2D eigenvalue weighted by molar-refractivity contribution is 7.90. The van der Waals surface area contributed by atoms with E-state index < -0.39 is 10.0 Å². The Morgan fingerprint density at radius 3 is 2.74 bits per heavy atom. The first-order chi connectivity index (χ1) is 14.8. The van der Waals surface area contributed by atoms with Crippen LogP contribution in [-0.2, 0) is 16.6 Å². The van der Waals surface area contributed by atoms with Crippen LogP contribution in [-0.4, -0.2) is 45.8 Å². The van der Waals surface area contributed by atoms with Crippen LogP contribution in [0.5, 0.6) is 5.75 Å². The summed E-state index contributed by atoms with van der Waals surface area (Å²) in [7, 11) is -0.533. The normalized spacial score (nSPS) is 17.1. The molecule has 2 aromatic carbocycles. The number of amides is 1. The number of amidine groups is 1. The number of methoxy groups -OCH3 is 1. The van der Waals surface area contributed by atoms with Crippen molar-refractivity contribution in [1.29, 1.82) is 0 Å². The predicted molar refractivity (Wildman–Crippen MR) is 120 cm³/mol. The van der Waals surface area contributed by atoms with E-state index >= 15 is 0 Å². The number of anilines is 1. The maximum absolute atomic E-state index is 13.1. The Hall–Kier alpha value is -2.87. The summed E-state index contributed by atoms with van der Waals surface area (Å²) in [5, 5.41) is 0. The van der Waals surface area contributed by atoms with Gasteiger partial charge in [-0.2, -0.15) is 8.42 Å². The topological polar surface area (TPSA) is 79.3 Å². The highest BCUT2D eigenvalue weighted by atomic mass is 32.2. The zero-order chi connectivity index (χ0) is 22.2. The van der Waals surface area contributed by atoms with Gasteiger partial charge in [0, 0.05) is 37.7 Å². The summed E-state index contributed by atoms with van der Waals surface area (Å²) in [5.74, 6) is 1.06. The first kappa shape index (κ1) is 21.4. The number of carbonyl (C=O) groups excluding carboxylic acids is 1. The molecule has 0 aliphatic carbocycles. The summed E-state index contributed by atoms with van der Waals surface area (Å²) in [6, 6.07) is 10.7. The van der Waals surface area contributed by atoms with Crippen LogP contribution in [0.4, 0.5) is 5.69 Å². The van der Waals surface area contributed by atoms with Crippen molar-refractivity contribution in [3.05, 3.63) is 53.1 Å². The van der Waals surface area contributed by atoms with Crippen molar-refractivity contribution in [3.8, 4) is 5.75 Å². The van der Waals surface area contributed by atoms with E-state index in [2.05, 4.69) is 4.40 Å². The number of ether oxygens (including phenoxy) is 1. The maximum Gasteiger partial charge on any atom is 0.286 e. The number of hydrogen-bond donors (Lipinski definition) is 0. The molecule has 0 aromatic heterocycles. The lowest BCUT2D eigenvalue weighted by Crippen LogP contribution is -2.35. The summed E-state index contributed by atoms with van der Waals surface area (Å²) in [6.07, 6.45) is 3.62. The SMILES string of the molecule is COc1ccc(C)cc1CN(C)C(=O)c1ccc2c(c1)S(=O)(=O)N=C1CCCCCN12. The van der Waals surface area contributed by atoms with Crippen molar-refractivity contribution in [1.82, 2.24) is 4.90 Å². The molecule has 1 fully saturated rings. The van der Waals surface area contributed by atoms with Crippen molar-refractivity contribution < 1.29 is 17.9 Å². The molecule has 1 amide bonds. The second-order valence-electron chi connectivity index (χ2n) is 8.10. The summed E-state index contributed by atoms with van der Waals surface area (Å²) >= 11 is 0. The quantitative estimate of drug-likeness (QED) is 0.722. The van der Waals surface area contributed by atoms with Gasteiger partial charge in [-0.15, -0.1) is 4.40 Å². The van der Waals surface area contributed by atoms with Gasteiger partial charge in [-0.3, -0.25) is 4.79 Å². The highest BCUT2D eigenvalue weighted by Crippen LogP contribution is 2.35. The fraction of sp³-hybridized carbons (Fsp3) is 0.391. The van der Waals surface area contributed by atoms with Crippen LogP contribution in [0.2, 0.25) is 0 Å². The van der Waals surface area contributed by atoms with Crippen molar-refractivity contribution in [3.63, 3.8) is 0 Å². The Bertz CT molecular complexity index is 1160. The molecule has 1 saturated heterocycles. The van der Waals surface area contributed by atoms with Crippen molar-refractivity contribution >= 4 is 27.5 Å². The molecule has 8 heteroatoms. The van der Waals surface area contributed by atoms with Crippen molar-refractivity contribution in [2.24, 2.45) is 4.40 Å². The van der Waals surface area contributed by atoms with Crippen LogP contribution < -0.4 is 9.64 Å². The Balaban J connectivity index is 1.64. The average Bonchev–Trinajstić information content (AvgIpc) is 2.98. The highest BCUT2D eigenvalue weighted by Gasteiger charge is 2.32. The lowest BCUT2D eigenvalue weighted by molar-refractivity contribution is 0.0784. The van der Waals surface area contributed by atoms with Crippen LogP contribution in [0, 0.1) is 6.92 Å². The van der Waals surface area contributed by atoms with Gasteiger partial charge < -0.3 is 14.5 Å². The van der Waals surface area contributed by atoms with E-state index in [-0.39, 0.29) is 10.8 Å². The van der Waals surface area contributed by atoms with Crippen LogP contribution >= 0.6 is 0 Å². The van der Waals surface area contributed by atoms with Crippen molar-refractivity contribution in [2.75, 3.05) is 25.6 Å². The smallest absolute Gasteiger partial charge is 0.286 e. The minimum Gasteiger partial charge on any atom is -0.496 e. The van der Waals surface area contributed by atoms with Crippen LogP contribution in [0.1, 0.15) is 47.2 Å². The molecular formula is C23H27N3O4S. The largest absolute Gasteiger partial charge is 0.496 e. The molecule has 7 nitrogen and oxygen atoms in total. The van der Waals surface area contributed by atoms with E-state index in [1.165, 1.54) is 6.07 Å². The van der Waals surface area contributed by atoms with Gasteiger partial charge in [0.25, 0.3) is 15.9 Å². The average molecular weight is 442 g/mol. The zero-order valence-electron chi connectivity index (χ0n) is 18.1. The first-order valence-corrected chi connectivity index (χ1v) is 11.9. The van der Waals surface area contributed by atoms with E-state index in [0.29, 0.717) is 35.8 Å².